The van der Waals surface area contributed by atoms with Gasteiger partial charge in [-0.05, 0) is 58.1 Å². The fraction of sp³-hybridized carbons (Fsp3) is 0.600. The van der Waals surface area contributed by atoms with Gasteiger partial charge in [-0.1, -0.05) is 17.7 Å². The van der Waals surface area contributed by atoms with Crippen molar-refractivity contribution in [3.8, 4) is 0 Å². The fourth-order valence-electron chi connectivity index (χ4n) is 3.87. The molecule has 2 amide bonds. The van der Waals surface area contributed by atoms with Crippen LogP contribution in [-0.2, 0) is 4.79 Å². The third kappa shape index (κ3) is 3.63. The van der Waals surface area contributed by atoms with Crippen molar-refractivity contribution in [1.82, 2.24) is 9.80 Å². The molecule has 0 radical (unpaired) electrons. The monoisotopic (exact) mass is 328 g/mol. The number of carbonyl (C=O) groups excluding carboxylic acids is 2. The molecular formula is C20H28N2O2. The van der Waals surface area contributed by atoms with E-state index in [1.165, 1.54) is 6.42 Å². The van der Waals surface area contributed by atoms with Crippen molar-refractivity contribution in [2.75, 3.05) is 19.6 Å². The van der Waals surface area contributed by atoms with Crippen LogP contribution in [0, 0.1) is 12.8 Å². The van der Waals surface area contributed by atoms with Crippen LogP contribution in [-0.4, -0.2) is 47.3 Å². The van der Waals surface area contributed by atoms with Crippen molar-refractivity contribution >= 4 is 11.8 Å². The van der Waals surface area contributed by atoms with Gasteiger partial charge in [0.25, 0.3) is 5.91 Å². The molecule has 2 aliphatic rings. The summed E-state index contributed by atoms with van der Waals surface area (Å²) in [4.78, 5) is 29.3. The van der Waals surface area contributed by atoms with E-state index in [0.29, 0.717) is 25.0 Å². The Morgan fingerprint density at radius 3 is 2.25 bits per heavy atom. The third-order valence-corrected chi connectivity index (χ3v) is 5.52. The van der Waals surface area contributed by atoms with Gasteiger partial charge in [0.05, 0.1) is 0 Å². The van der Waals surface area contributed by atoms with E-state index >= 15 is 0 Å². The average Bonchev–Trinajstić information content (AvgIpc) is 2.62. The van der Waals surface area contributed by atoms with Crippen LogP contribution in [0.5, 0.6) is 0 Å². The van der Waals surface area contributed by atoms with Crippen LogP contribution in [0.25, 0.3) is 0 Å². The number of nitrogens with zero attached hydrogens (tertiary/aromatic N) is 2. The predicted molar refractivity (Wildman–Crippen MR) is 94.8 cm³/mol. The molecule has 1 aromatic carbocycles. The molecule has 3 rings (SSSR count). The third-order valence-electron chi connectivity index (χ3n) is 5.52. The van der Waals surface area contributed by atoms with Crippen molar-refractivity contribution in [2.24, 2.45) is 5.92 Å². The van der Waals surface area contributed by atoms with E-state index in [4.69, 9.17) is 0 Å². The molecule has 2 aliphatic heterocycles. The number of hydrogen-bond acceptors (Lipinski definition) is 2. The minimum Gasteiger partial charge on any atom is -0.340 e. The van der Waals surface area contributed by atoms with Gasteiger partial charge in [0.2, 0.25) is 5.91 Å². The zero-order valence-electron chi connectivity index (χ0n) is 14.8. The number of carbonyl (C=O) groups is 2. The van der Waals surface area contributed by atoms with Crippen molar-refractivity contribution in [2.45, 2.75) is 52.0 Å². The van der Waals surface area contributed by atoms with Crippen LogP contribution in [0.3, 0.4) is 0 Å². The van der Waals surface area contributed by atoms with Gasteiger partial charge in [0, 0.05) is 37.2 Å². The first kappa shape index (κ1) is 17.0. The van der Waals surface area contributed by atoms with Crippen molar-refractivity contribution in [3.63, 3.8) is 0 Å². The van der Waals surface area contributed by atoms with E-state index in [1.807, 2.05) is 36.1 Å². The van der Waals surface area contributed by atoms with Gasteiger partial charge in [-0.2, -0.15) is 0 Å². The number of benzene rings is 1. The molecule has 1 aromatic rings. The summed E-state index contributed by atoms with van der Waals surface area (Å²) in [6.45, 7) is 6.46. The van der Waals surface area contributed by atoms with Crippen molar-refractivity contribution in [1.29, 1.82) is 0 Å². The summed E-state index contributed by atoms with van der Waals surface area (Å²) in [5.41, 5.74) is 1.90. The maximum Gasteiger partial charge on any atom is 0.253 e. The van der Waals surface area contributed by atoms with E-state index in [0.717, 1.165) is 43.4 Å². The standard InChI is InChI=1S/C20H28N2O2/c1-15-6-8-17(9-7-15)19(23)21-13-10-18(11-14-21)20(24)22-12-4-3-5-16(22)2/h6-9,16,18H,3-5,10-14H2,1-2H3/t16-/m1/s1. The second-order valence-electron chi connectivity index (χ2n) is 7.31. The first-order chi connectivity index (χ1) is 11.6. The Morgan fingerprint density at radius 1 is 0.958 bits per heavy atom. The largest absolute Gasteiger partial charge is 0.340 e. The molecule has 24 heavy (non-hydrogen) atoms. The molecule has 1 atom stereocenters. The van der Waals surface area contributed by atoms with Gasteiger partial charge >= 0.3 is 0 Å². The van der Waals surface area contributed by atoms with E-state index in [1.54, 1.807) is 0 Å². The molecule has 0 N–H and O–H groups in total. The summed E-state index contributed by atoms with van der Waals surface area (Å²) in [6, 6.07) is 8.11. The molecule has 0 aromatic heterocycles. The fourth-order valence-corrected chi connectivity index (χ4v) is 3.87. The van der Waals surface area contributed by atoms with Crippen LogP contribution >= 0.6 is 0 Å². The van der Waals surface area contributed by atoms with Gasteiger partial charge in [0.1, 0.15) is 0 Å². The molecule has 4 nitrogen and oxygen atoms in total. The summed E-state index contributed by atoms with van der Waals surface area (Å²) in [7, 11) is 0. The van der Waals surface area contributed by atoms with Crippen LogP contribution < -0.4 is 0 Å². The Kier molecular flexibility index (Phi) is 5.22. The van der Waals surface area contributed by atoms with E-state index in [2.05, 4.69) is 11.8 Å². The number of rotatable bonds is 2. The number of aryl methyl sites for hydroxylation is 1. The van der Waals surface area contributed by atoms with Crippen LogP contribution in [0.2, 0.25) is 0 Å². The molecule has 0 spiro atoms. The van der Waals surface area contributed by atoms with Crippen LogP contribution in [0.1, 0.15) is 54.9 Å². The molecule has 0 aliphatic carbocycles. The lowest BCUT2D eigenvalue weighted by atomic mass is 9.92. The lowest BCUT2D eigenvalue weighted by Crippen LogP contribution is -2.48. The van der Waals surface area contributed by atoms with E-state index < -0.39 is 0 Å². The summed E-state index contributed by atoms with van der Waals surface area (Å²) in [5.74, 6) is 0.490. The quantitative estimate of drug-likeness (QED) is 0.836. The van der Waals surface area contributed by atoms with Crippen LogP contribution in [0.15, 0.2) is 24.3 Å². The highest BCUT2D eigenvalue weighted by atomic mass is 16.2. The second kappa shape index (κ2) is 7.37. The normalized spacial score (nSPS) is 22.5. The number of piperidine rings is 2. The lowest BCUT2D eigenvalue weighted by molar-refractivity contribution is -0.140. The Morgan fingerprint density at radius 2 is 1.62 bits per heavy atom. The first-order valence-electron chi connectivity index (χ1n) is 9.22. The number of hydrogen-bond donors (Lipinski definition) is 0. The molecule has 130 valence electrons. The molecule has 2 heterocycles. The molecule has 2 fully saturated rings. The van der Waals surface area contributed by atoms with Gasteiger partial charge in [-0.3, -0.25) is 9.59 Å². The Hall–Kier alpha value is -1.84. The zero-order valence-corrected chi connectivity index (χ0v) is 14.8. The summed E-state index contributed by atoms with van der Waals surface area (Å²) in [6.07, 6.45) is 5.06. The highest BCUT2D eigenvalue weighted by Gasteiger charge is 2.33. The van der Waals surface area contributed by atoms with E-state index in [-0.39, 0.29) is 11.8 Å². The van der Waals surface area contributed by atoms with Gasteiger partial charge < -0.3 is 9.80 Å². The maximum absolute atomic E-state index is 12.8. The predicted octanol–water partition coefficient (Wildman–Crippen LogP) is 3.25. The van der Waals surface area contributed by atoms with Gasteiger partial charge in [0.15, 0.2) is 0 Å². The van der Waals surface area contributed by atoms with Crippen molar-refractivity contribution in [3.05, 3.63) is 35.4 Å². The summed E-state index contributed by atoms with van der Waals surface area (Å²) in [5, 5.41) is 0. The molecule has 0 bridgehead atoms. The van der Waals surface area contributed by atoms with Gasteiger partial charge in [-0.25, -0.2) is 0 Å². The minimum absolute atomic E-state index is 0.0900. The molecular weight excluding hydrogens is 300 g/mol. The molecule has 0 unspecified atom stereocenters. The zero-order chi connectivity index (χ0) is 17.1. The number of likely N-dealkylation sites (tertiary alicyclic amines) is 2. The topological polar surface area (TPSA) is 40.6 Å². The Labute approximate surface area is 144 Å². The Bertz CT molecular complexity index is 588. The summed E-state index contributed by atoms with van der Waals surface area (Å²) < 4.78 is 0. The first-order valence-corrected chi connectivity index (χ1v) is 9.22. The highest BCUT2D eigenvalue weighted by Crippen LogP contribution is 2.25. The average molecular weight is 328 g/mol. The maximum atomic E-state index is 12.8. The second-order valence-corrected chi connectivity index (χ2v) is 7.31. The SMILES string of the molecule is Cc1ccc(C(=O)N2CCC(C(=O)N3CCCC[C@H]3C)CC2)cc1. The molecule has 2 saturated heterocycles. The lowest BCUT2D eigenvalue weighted by Gasteiger charge is -2.38. The molecule has 0 saturated carbocycles. The summed E-state index contributed by atoms with van der Waals surface area (Å²) >= 11 is 0. The number of amides is 2. The minimum atomic E-state index is 0.0900. The van der Waals surface area contributed by atoms with Crippen LogP contribution in [0.4, 0.5) is 0 Å². The smallest absolute Gasteiger partial charge is 0.253 e. The van der Waals surface area contributed by atoms with Crippen molar-refractivity contribution < 1.29 is 9.59 Å². The molecule has 4 heteroatoms. The van der Waals surface area contributed by atoms with Gasteiger partial charge in [-0.15, -0.1) is 0 Å². The highest BCUT2D eigenvalue weighted by molar-refractivity contribution is 5.94. The van der Waals surface area contributed by atoms with E-state index in [9.17, 15) is 9.59 Å². The Balaban J connectivity index is 1.56.